The predicted molar refractivity (Wildman–Crippen MR) is 134 cm³/mol. The number of ether oxygens (including phenoxy) is 3. The first-order valence-electron chi connectivity index (χ1n) is 10.3. The third kappa shape index (κ3) is 4.11. The summed E-state index contributed by atoms with van der Waals surface area (Å²) >= 11 is 0. The first kappa shape index (κ1) is 23.0. The number of hydrogen-bond donors (Lipinski definition) is 2. The highest BCUT2D eigenvalue weighted by Gasteiger charge is 2.17. The topological polar surface area (TPSA) is 90.4 Å². The van der Waals surface area contributed by atoms with E-state index in [0.29, 0.717) is 34.5 Å². The van der Waals surface area contributed by atoms with Gasteiger partial charge in [0.25, 0.3) is 5.91 Å². The molecule has 0 bridgehead atoms. The van der Waals surface area contributed by atoms with Crippen LogP contribution in [0.2, 0.25) is 0 Å². The van der Waals surface area contributed by atoms with Gasteiger partial charge in [-0.25, -0.2) is 4.98 Å². The van der Waals surface area contributed by atoms with Crippen LogP contribution >= 0.6 is 12.4 Å². The van der Waals surface area contributed by atoms with Crippen molar-refractivity contribution in [1.29, 1.82) is 0 Å². The average molecular weight is 479 g/mol. The fourth-order valence-electron chi connectivity index (χ4n) is 3.85. The van der Waals surface area contributed by atoms with E-state index in [2.05, 4.69) is 15.3 Å². The van der Waals surface area contributed by atoms with E-state index in [-0.39, 0.29) is 18.3 Å². The lowest BCUT2D eigenvalue weighted by Crippen LogP contribution is -2.15. The van der Waals surface area contributed by atoms with Crippen LogP contribution in [0.15, 0.2) is 67.0 Å². The van der Waals surface area contributed by atoms with Gasteiger partial charge in [0.05, 0.1) is 31.6 Å². The lowest BCUT2D eigenvalue weighted by molar-refractivity contribution is 0.101. The molecule has 2 N–H and O–H groups in total. The molecule has 0 saturated carbocycles. The number of amides is 1. The monoisotopic (exact) mass is 478 g/mol. The molecule has 0 fully saturated rings. The SMILES string of the molecule is COc1cc(OC)c2cc(C(=O)Nc3ccc(Oc4cccc5[nH]ccc45)nc3)n(C)c2c1.Cl. The number of aryl methyl sites for hydroxylation is 1. The van der Waals surface area contributed by atoms with Crippen LogP contribution in [0.5, 0.6) is 23.1 Å². The van der Waals surface area contributed by atoms with Crippen molar-refractivity contribution < 1.29 is 19.0 Å². The molecule has 34 heavy (non-hydrogen) atoms. The molecule has 9 heteroatoms. The molecule has 1 amide bonds. The molecule has 8 nitrogen and oxygen atoms in total. The molecule has 2 aromatic carbocycles. The van der Waals surface area contributed by atoms with Crippen molar-refractivity contribution in [3.63, 3.8) is 0 Å². The summed E-state index contributed by atoms with van der Waals surface area (Å²) in [4.78, 5) is 20.5. The van der Waals surface area contributed by atoms with Crippen LogP contribution in [0, 0.1) is 0 Å². The normalized spacial score (nSPS) is 10.7. The van der Waals surface area contributed by atoms with Crippen molar-refractivity contribution in [2.24, 2.45) is 7.05 Å². The van der Waals surface area contributed by atoms with Gasteiger partial charge >= 0.3 is 0 Å². The van der Waals surface area contributed by atoms with Crippen molar-refractivity contribution in [3.05, 3.63) is 72.7 Å². The maximum absolute atomic E-state index is 13.0. The van der Waals surface area contributed by atoms with Gasteiger partial charge in [-0.05, 0) is 30.3 Å². The summed E-state index contributed by atoms with van der Waals surface area (Å²) < 4.78 is 18.5. The van der Waals surface area contributed by atoms with Gasteiger partial charge in [0.1, 0.15) is 22.9 Å². The van der Waals surface area contributed by atoms with Gasteiger partial charge in [-0.1, -0.05) is 6.07 Å². The number of aromatic nitrogens is 3. The Morgan fingerprint density at radius 3 is 2.59 bits per heavy atom. The van der Waals surface area contributed by atoms with Crippen LogP contribution in [0.3, 0.4) is 0 Å². The number of methoxy groups -OCH3 is 2. The first-order chi connectivity index (χ1) is 16.1. The summed E-state index contributed by atoms with van der Waals surface area (Å²) in [5.74, 6) is 2.17. The van der Waals surface area contributed by atoms with Crippen molar-refractivity contribution >= 4 is 45.8 Å². The van der Waals surface area contributed by atoms with E-state index in [9.17, 15) is 4.79 Å². The summed E-state index contributed by atoms with van der Waals surface area (Å²) in [6.45, 7) is 0. The minimum absolute atomic E-state index is 0. The molecule has 0 aliphatic heterocycles. The predicted octanol–water partition coefficient (Wildman–Crippen LogP) is 5.54. The van der Waals surface area contributed by atoms with Gasteiger partial charge in [-0.2, -0.15) is 0 Å². The van der Waals surface area contributed by atoms with E-state index in [4.69, 9.17) is 14.2 Å². The Morgan fingerprint density at radius 1 is 1.00 bits per heavy atom. The van der Waals surface area contributed by atoms with Gasteiger partial charge in [0.15, 0.2) is 0 Å². The van der Waals surface area contributed by atoms with Gasteiger partial charge in [-0.3, -0.25) is 4.79 Å². The molecule has 5 aromatic rings. The van der Waals surface area contributed by atoms with Crippen LogP contribution in [-0.4, -0.2) is 34.7 Å². The number of rotatable bonds is 6. The van der Waals surface area contributed by atoms with E-state index in [0.717, 1.165) is 21.8 Å². The van der Waals surface area contributed by atoms with Crippen LogP contribution in [0.25, 0.3) is 21.8 Å². The van der Waals surface area contributed by atoms with E-state index >= 15 is 0 Å². The number of nitrogens with one attached hydrogen (secondary N) is 2. The summed E-state index contributed by atoms with van der Waals surface area (Å²) in [7, 11) is 5.01. The Balaban J connectivity index is 0.00000274. The minimum atomic E-state index is -0.262. The number of pyridine rings is 1. The van der Waals surface area contributed by atoms with Crippen LogP contribution in [0.4, 0.5) is 5.69 Å². The van der Waals surface area contributed by atoms with Crippen molar-refractivity contribution in [1.82, 2.24) is 14.5 Å². The van der Waals surface area contributed by atoms with Gasteiger partial charge in [0.2, 0.25) is 5.88 Å². The molecule has 3 heterocycles. The molecule has 0 atom stereocenters. The Labute approximate surface area is 201 Å². The van der Waals surface area contributed by atoms with E-state index < -0.39 is 0 Å². The Kier molecular flexibility index (Phi) is 6.34. The number of H-pyrrole nitrogens is 1. The van der Waals surface area contributed by atoms with Crippen LogP contribution in [-0.2, 0) is 7.05 Å². The minimum Gasteiger partial charge on any atom is -0.497 e. The fourth-order valence-corrected chi connectivity index (χ4v) is 3.85. The fraction of sp³-hybridized carbons (Fsp3) is 0.120. The second-order valence-corrected chi connectivity index (χ2v) is 7.49. The number of fused-ring (bicyclic) bond motifs is 2. The second-order valence-electron chi connectivity index (χ2n) is 7.49. The number of nitrogens with zero attached hydrogens (tertiary/aromatic N) is 2. The maximum atomic E-state index is 13.0. The zero-order valence-electron chi connectivity index (χ0n) is 18.8. The van der Waals surface area contributed by atoms with Gasteiger partial charge < -0.3 is 29.1 Å². The smallest absolute Gasteiger partial charge is 0.272 e. The summed E-state index contributed by atoms with van der Waals surface area (Å²) in [5, 5.41) is 4.69. The number of aromatic amines is 1. The molecule has 0 aliphatic rings. The lowest BCUT2D eigenvalue weighted by atomic mass is 10.2. The average Bonchev–Trinajstić information content (AvgIpc) is 3.45. The molecule has 0 radical (unpaired) electrons. The van der Waals surface area contributed by atoms with Crippen molar-refractivity contribution in [2.75, 3.05) is 19.5 Å². The summed E-state index contributed by atoms with van der Waals surface area (Å²) in [6.07, 6.45) is 3.43. The highest BCUT2D eigenvalue weighted by Crippen LogP contribution is 2.33. The van der Waals surface area contributed by atoms with Crippen molar-refractivity contribution in [2.45, 2.75) is 0 Å². The third-order valence-corrected chi connectivity index (χ3v) is 5.55. The second kappa shape index (κ2) is 9.36. The molecule has 174 valence electrons. The Morgan fingerprint density at radius 2 is 1.85 bits per heavy atom. The van der Waals surface area contributed by atoms with Crippen LogP contribution in [0.1, 0.15) is 10.5 Å². The van der Waals surface area contributed by atoms with Crippen LogP contribution < -0.4 is 19.5 Å². The molecule has 5 rings (SSSR count). The zero-order valence-corrected chi connectivity index (χ0v) is 19.6. The largest absolute Gasteiger partial charge is 0.497 e. The summed E-state index contributed by atoms with van der Waals surface area (Å²) in [5.41, 5.74) is 2.86. The summed E-state index contributed by atoms with van der Waals surface area (Å²) in [6, 6.07) is 16.7. The molecule has 0 spiro atoms. The standard InChI is InChI=1S/C25H22N4O4.ClH/c1-29-20-11-16(31-2)12-23(32-3)18(20)13-21(29)25(30)28-15-7-8-24(27-14-15)33-22-6-4-5-19-17(22)9-10-26-19;/h4-14,26H,1-3H3,(H,28,30);1H. The molecule has 3 aromatic heterocycles. The third-order valence-electron chi connectivity index (χ3n) is 5.55. The molecular formula is C25H23ClN4O4. The number of hydrogen-bond acceptors (Lipinski definition) is 5. The van der Waals surface area contributed by atoms with E-state index in [1.165, 1.54) is 0 Å². The van der Waals surface area contributed by atoms with E-state index in [1.54, 1.807) is 49.2 Å². The van der Waals surface area contributed by atoms with E-state index in [1.807, 2.05) is 43.6 Å². The quantitative estimate of drug-likeness (QED) is 0.334. The number of carbonyl (C=O) groups is 1. The van der Waals surface area contributed by atoms with Crippen molar-refractivity contribution in [3.8, 4) is 23.1 Å². The molecule has 0 saturated heterocycles. The highest BCUT2D eigenvalue weighted by molar-refractivity contribution is 6.07. The Bertz CT molecular complexity index is 1470. The maximum Gasteiger partial charge on any atom is 0.272 e. The van der Waals surface area contributed by atoms with Gasteiger partial charge in [-0.15, -0.1) is 12.4 Å². The molecular weight excluding hydrogens is 456 g/mol. The zero-order chi connectivity index (χ0) is 22.9. The number of anilines is 1. The highest BCUT2D eigenvalue weighted by atomic mass is 35.5. The number of benzene rings is 2. The molecule has 0 aliphatic carbocycles. The first-order valence-corrected chi connectivity index (χ1v) is 10.3. The number of halogens is 1. The lowest BCUT2D eigenvalue weighted by Gasteiger charge is -2.09. The number of carbonyl (C=O) groups excluding carboxylic acids is 1. The Hall–Kier alpha value is -4.17. The van der Waals surface area contributed by atoms with Gasteiger partial charge in [0, 0.05) is 47.7 Å². The molecule has 0 unspecified atom stereocenters.